The van der Waals surface area contributed by atoms with Crippen LogP contribution in [-0.2, 0) is 26.2 Å². The highest BCUT2D eigenvalue weighted by Crippen LogP contribution is 2.25. The zero-order valence-corrected chi connectivity index (χ0v) is 21.8. The van der Waals surface area contributed by atoms with Gasteiger partial charge in [-0.2, -0.15) is 8.42 Å². The third kappa shape index (κ3) is 7.87. The number of hydrogen-bond donors (Lipinski definition) is 0. The Hall–Kier alpha value is -2.87. The average molecular weight is 490 g/mol. The first-order valence-corrected chi connectivity index (χ1v) is 12.7. The molecule has 2 aromatic carbocycles. The third-order valence-corrected chi connectivity index (χ3v) is 6.11. The Morgan fingerprint density at radius 3 is 2.21 bits per heavy atom. The van der Waals surface area contributed by atoms with E-state index >= 15 is 0 Å². The Labute approximate surface area is 203 Å². The molecule has 0 aliphatic carbocycles. The molecule has 0 aliphatic rings. The molecular formula is C26H35NO6S. The number of amides is 1. The van der Waals surface area contributed by atoms with Gasteiger partial charge in [-0.25, -0.2) is 4.79 Å². The van der Waals surface area contributed by atoms with Gasteiger partial charge in [0.25, 0.3) is 0 Å². The molecule has 1 amide bonds. The number of carbonyl (C=O) groups is 2. The van der Waals surface area contributed by atoms with Gasteiger partial charge in [-0.15, -0.1) is 0 Å². The first-order valence-electron chi connectivity index (χ1n) is 11.3. The van der Waals surface area contributed by atoms with Gasteiger partial charge in [0.05, 0.1) is 11.7 Å². The fourth-order valence-electron chi connectivity index (χ4n) is 3.31. The average Bonchev–Trinajstić information content (AvgIpc) is 2.70. The van der Waals surface area contributed by atoms with Crippen molar-refractivity contribution in [1.82, 2.24) is 4.90 Å². The summed E-state index contributed by atoms with van der Waals surface area (Å²) in [5.41, 5.74) is 0.496. The molecule has 0 heterocycles. The van der Waals surface area contributed by atoms with Crippen LogP contribution in [0.4, 0.5) is 0 Å². The molecule has 0 saturated heterocycles. The molecule has 0 aromatic heterocycles. The maximum atomic E-state index is 13.0. The highest BCUT2D eigenvalue weighted by Gasteiger charge is 2.26. The summed E-state index contributed by atoms with van der Waals surface area (Å²) in [5.74, 6) is -0.619. The van der Waals surface area contributed by atoms with E-state index in [0.717, 1.165) is 5.56 Å². The van der Waals surface area contributed by atoms with Crippen molar-refractivity contribution in [2.45, 2.75) is 78.5 Å². The zero-order valence-electron chi connectivity index (χ0n) is 21.0. The van der Waals surface area contributed by atoms with Crippen LogP contribution in [0.3, 0.4) is 0 Å². The normalized spacial score (nSPS) is 12.0. The molecule has 0 atom stereocenters. The molecule has 7 nitrogen and oxygen atoms in total. The predicted octanol–water partition coefficient (Wildman–Crippen LogP) is 5.19. The SMILES string of the molecule is CC(C)OC(=O)c1ccccc1S(=O)(=O)Oc1cccc(CN(C(=O)CC(C)(C)C)C(C)C)c1. The number of esters is 1. The summed E-state index contributed by atoms with van der Waals surface area (Å²) in [6.45, 7) is 13.6. The fourth-order valence-corrected chi connectivity index (χ4v) is 4.42. The number of hydrogen-bond acceptors (Lipinski definition) is 6. The minimum atomic E-state index is -4.31. The van der Waals surface area contributed by atoms with Crippen LogP contribution >= 0.6 is 0 Å². The lowest BCUT2D eigenvalue weighted by Crippen LogP contribution is -2.38. The summed E-state index contributed by atoms with van der Waals surface area (Å²) >= 11 is 0. The van der Waals surface area contributed by atoms with Crippen LogP contribution < -0.4 is 4.18 Å². The molecule has 0 bridgehead atoms. The molecule has 0 fully saturated rings. The van der Waals surface area contributed by atoms with Crippen molar-refractivity contribution >= 4 is 22.0 Å². The van der Waals surface area contributed by atoms with Crippen LogP contribution in [-0.4, -0.2) is 37.3 Å². The summed E-state index contributed by atoms with van der Waals surface area (Å²) in [6, 6.07) is 12.3. The third-order valence-electron chi connectivity index (χ3n) is 4.80. The van der Waals surface area contributed by atoms with Crippen LogP contribution in [0.5, 0.6) is 5.75 Å². The van der Waals surface area contributed by atoms with Crippen LogP contribution in [0.25, 0.3) is 0 Å². The first-order chi connectivity index (χ1) is 15.7. The summed E-state index contributed by atoms with van der Waals surface area (Å²) in [5, 5.41) is 0. The van der Waals surface area contributed by atoms with Crippen molar-refractivity contribution in [3.8, 4) is 5.75 Å². The number of nitrogens with zero attached hydrogens (tertiary/aromatic N) is 1. The van der Waals surface area contributed by atoms with Gasteiger partial charge in [-0.1, -0.05) is 45.0 Å². The lowest BCUT2D eigenvalue weighted by atomic mass is 9.91. The molecule has 34 heavy (non-hydrogen) atoms. The molecule has 186 valence electrons. The lowest BCUT2D eigenvalue weighted by Gasteiger charge is -2.30. The predicted molar refractivity (Wildman–Crippen MR) is 131 cm³/mol. The molecule has 0 N–H and O–H groups in total. The molecule has 0 aliphatic heterocycles. The second-order valence-electron chi connectivity index (χ2n) is 9.99. The lowest BCUT2D eigenvalue weighted by molar-refractivity contribution is -0.135. The quantitative estimate of drug-likeness (QED) is 0.356. The molecular weight excluding hydrogens is 454 g/mol. The maximum absolute atomic E-state index is 13.0. The Kier molecular flexibility index (Phi) is 8.89. The van der Waals surface area contributed by atoms with Crippen molar-refractivity contribution in [2.75, 3.05) is 0 Å². The Bertz CT molecular complexity index is 1120. The summed E-state index contributed by atoms with van der Waals surface area (Å²) in [6.07, 6.45) is 0.00435. The van der Waals surface area contributed by atoms with Gasteiger partial charge >= 0.3 is 16.1 Å². The number of ether oxygens (including phenoxy) is 1. The molecule has 8 heteroatoms. The van der Waals surface area contributed by atoms with Gasteiger partial charge in [0, 0.05) is 19.0 Å². The highest BCUT2D eigenvalue weighted by atomic mass is 32.2. The van der Waals surface area contributed by atoms with Gasteiger partial charge in [-0.05, 0) is 62.9 Å². The molecule has 0 unspecified atom stereocenters. The van der Waals surface area contributed by atoms with E-state index in [1.54, 1.807) is 36.9 Å². The Morgan fingerprint density at radius 1 is 0.971 bits per heavy atom. The van der Waals surface area contributed by atoms with Gasteiger partial charge in [0.1, 0.15) is 10.6 Å². The van der Waals surface area contributed by atoms with Crippen molar-refractivity contribution in [1.29, 1.82) is 0 Å². The minimum Gasteiger partial charge on any atom is -0.459 e. The number of carbonyl (C=O) groups excluding carboxylic acids is 2. The van der Waals surface area contributed by atoms with E-state index in [2.05, 4.69) is 0 Å². The summed E-state index contributed by atoms with van der Waals surface area (Å²) in [4.78, 5) is 26.7. The van der Waals surface area contributed by atoms with Gasteiger partial charge in [0.15, 0.2) is 0 Å². The van der Waals surface area contributed by atoms with Crippen LogP contribution in [0, 0.1) is 5.41 Å². The van der Waals surface area contributed by atoms with Gasteiger partial charge in [-0.3, -0.25) is 4.79 Å². The smallest absolute Gasteiger partial charge is 0.340 e. The van der Waals surface area contributed by atoms with Crippen molar-refractivity contribution in [2.24, 2.45) is 5.41 Å². The standard InChI is InChI=1S/C26H35NO6S/c1-18(2)27(24(28)16-26(5,6)7)17-20-11-10-12-21(15-20)33-34(30,31)23-14-9-8-13-22(23)25(29)32-19(3)4/h8-15,18-19H,16-17H2,1-7H3. The van der Waals surface area contributed by atoms with Crippen molar-refractivity contribution in [3.63, 3.8) is 0 Å². The Balaban J connectivity index is 2.28. The van der Waals surface area contributed by atoms with Crippen molar-refractivity contribution in [3.05, 3.63) is 59.7 Å². The van der Waals surface area contributed by atoms with Crippen LogP contribution in [0.1, 0.15) is 70.8 Å². The fraction of sp³-hybridized carbons (Fsp3) is 0.462. The van der Waals surface area contributed by atoms with Gasteiger partial charge < -0.3 is 13.8 Å². The number of rotatable bonds is 9. The molecule has 0 spiro atoms. The highest BCUT2D eigenvalue weighted by molar-refractivity contribution is 7.87. The molecule has 0 radical (unpaired) electrons. The summed E-state index contributed by atoms with van der Waals surface area (Å²) < 4.78 is 36.6. The summed E-state index contributed by atoms with van der Waals surface area (Å²) in [7, 11) is -4.31. The maximum Gasteiger partial charge on any atom is 0.340 e. The molecule has 2 aromatic rings. The van der Waals surface area contributed by atoms with Gasteiger partial charge in [0.2, 0.25) is 5.91 Å². The molecule has 0 saturated carbocycles. The van der Waals surface area contributed by atoms with Crippen LogP contribution in [0.2, 0.25) is 0 Å². The van der Waals surface area contributed by atoms with E-state index in [4.69, 9.17) is 8.92 Å². The van der Waals surface area contributed by atoms with E-state index in [1.165, 1.54) is 24.3 Å². The minimum absolute atomic E-state index is 0.0259. The second kappa shape index (κ2) is 11.0. The van der Waals surface area contributed by atoms with Crippen LogP contribution in [0.15, 0.2) is 53.4 Å². The topological polar surface area (TPSA) is 90.0 Å². The van der Waals surface area contributed by atoms with E-state index in [0.29, 0.717) is 13.0 Å². The second-order valence-corrected chi connectivity index (χ2v) is 11.5. The number of benzene rings is 2. The largest absolute Gasteiger partial charge is 0.459 e. The van der Waals surface area contributed by atoms with E-state index in [1.807, 2.05) is 40.7 Å². The molecule has 2 rings (SSSR count). The van der Waals surface area contributed by atoms with Crippen molar-refractivity contribution < 1.29 is 26.9 Å². The first kappa shape index (κ1) is 27.4. The monoisotopic (exact) mass is 489 g/mol. The van der Waals surface area contributed by atoms with E-state index in [-0.39, 0.29) is 33.6 Å². The van der Waals surface area contributed by atoms with E-state index < -0.39 is 22.2 Å². The Morgan fingerprint density at radius 2 is 1.62 bits per heavy atom. The zero-order chi connectivity index (χ0) is 25.7. The van der Waals surface area contributed by atoms with E-state index in [9.17, 15) is 18.0 Å².